The van der Waals surface area contributed by atoms with Gasteiger partial charge in [-0.25, -0.2) is 8.42 Å². The Hall–Kier alpha value is 0.200. The highest BCUT2D eigenvalue weighted by atomic mass is 35.7. The summed E-state index contributed by atoms with van der Waals surface area (Å²) in [7, 11) is 3.63. The number of methoxy groups -OCH3 is 1. The van der Waals surface area contributed by atoms with E-state index in [0.717, 1.165) is 19.3 Å². The van der Waals surface area contributed by atoms with Crippen molar-refractivity contribution in [1.82, 2.24) is 0 Å². The first-order valence-corrected chi connectivity index (χ1v) is 6.84. The third-order valence-electron chi connectivity index (χ3n) is 3.62. The van der Waals surface area contributed by atoms with Crippen molar-refractivity contribution in [3.8, 4) is 0 Å². The van der Waals surface area contributed by atoms with Crippen LogP contribution in [0.25, 0.3) is 0 Å². The maximum absolute atomic E-state index is 11.2. The minimum Gasteiger partial charge on any atom is -0.381 e. The Kier molecular flexibility index (Phi) is 2.13. The zero-order chi connectivity index (χ0) is 9.69. The van der Waals surface area contributed by atoms with Gasteiger partial charge in [-0.2, -0.15) is 0 Å². The minimum absolute atomic E-state index is 0.111. The van der Waals surface area contributed by atoms with Crippen LogP contribution in [-0.2, 0) is 13.8 Å². The largest absolute Gasteiger partial charge is 0.381 e. The second kappa shape index (κ2) is 2.84. The molecule has 0 heterocycles. The van der Waals surface area contributed by atoms with Crippen molar-refractivity contribution in [2.24, 2.45) is 5.41 Å². The molecule has 0 aromatic rings. The maximum atomic E-state index is 11.2. The lowest BCUT2D eigenvalue weighted by molar-refractivity contribution is -0.130. The highest BCUT2D eigenvalue weighted by molar-refractivity contribution is 8.14. The normalized spacial score (nSPS) is 36.8. The van der Waals surface area contributed by atoms with Crippen molar-refractivity contribution in [2.75, 3.05) is 7.11 Å². The Morgan fingerprint density at radius 3 is 2.38 bits per heavy atom. The van der Waals surface area contributed by atoms with Crippen LogP contribution in [0.1, 0.15) is 25.7 Å². The monoisotopic (exact) mass is 224 g/mol. The molecule has 2 saturated carbocycles. The first-order valence-electron chi connectivity index (χ1n) is 4.47. The molecule has 2 fully saturated rings. The van der Waals surface area contributed by atoms with Crippen LogP contribution in [0.3, 0.4) is 0 Å². The zero-order valence-corrected chi connectivity index (χ0v) is 9.07. The van der Waals surface area contributed by atoms with Crippen molar-refractivity contribution >= 4 is 19.7 Å². The van der Waals surface area contributed by atoms with Gasteiger partial charge in [0.1, 0.15) is 0 Å². The van der Waals surface area contributed by atoms with E-state index >= 15 is 0 Å². The molecule has 5 heteroatoms. The third-order valence-corrected chi connectivity index (χ3v) is 5.61. The Bertz CT molecular complexity index is 307. The Balaban J connectivity index is 2.19. The number of hydrogen-bond acceptors (Lipinski definition) is 3. The first-order chi connectivity index (χ1) is 6.00. The molecule has 3 nitrogen and oxygen atoms in total. The van der Waals surface area contributed by atoms with Crippen LogP contribution in [-0.4, -0.2) is 26.9 Å². The summed E-state index contributed by atoms with van der Waals surface area (Å²) in [5.74, 6) is 0. The molecular weight excluding hydrogens is 212 g/mol. The zero-order valence-electron chi connectivity index (χ0n) is 7.49. The fourth-order valence-electron chi connectivity index (χ4n) is 2.67. The van der Waals surface area contributed by atoms with Gasteiger partial charge in [-0.1, -0.05) is 6.42 Å². The van der Waals surface area contributed by atoms with Gasteiger partial charge in [-0.3, -0.25) is 0 Å². The van der Waals surface area contributed by atoms with E-state index in [4.69, 9.17) is 15.4 Å². The molecule has 2 rings (SSSR count). The van der Waals surface area contributed by atoms with E-state index in [-0.39, 0.29) is 16.8 Å². The number of halogens is 1. The van der Waals surface area contributed by atoms with Crippen LogP contribution in [0.2, 0.25) is 0 Å². The van der Waals surface area contributed by atoms with Gasteiger partial charge >= 0.3 is 0 Å². The topological polar surface area (TPSA) is 43.4 Å². The summed E-state index contributed by atoms with van der Waals surface area (Å²) in [6, 6.07) is 0. The van der Waals surface area contributed by atoms with E-state index in [1.165, 1.54) is 0 Å². The standard InChI is InChI=1S/C8H13ClO3S/c1-12-6-5-7(13(9,10)11)8(6)3-2-4-8/h6-7H,2-5H2,1H3/t6-,7+/m1/s1. The number of hydrogen-bond donors (Lipinski definition) is 0. The third kappa shape index (κ3) is 1.22. The van der Waals surface area contributed by atoms with Gasteiger partial charge in [0.05, 0.1) is 11.4 Å². The minimum atomic E-state index is -3.39. The van der Waals surface area contributed by atoms with Gasteiger partial charge < -0.3 is 4.74 Å². The molecule has 0 aliphatic heterocycles. The lowest BCUT2D eigenvalue weighted by Crippen LogP contribution is -2.63. The molecule has 0 radical (unpaired) electrons. The van der Waals surface area contributed by atoms with Crippen LogP contribution in [0.4, 0.5) is 0 Å². The molecule has 0 N–H and O–H groups in total. The molecule has 1 spiro atoms. The molecule has 0 aromatic carbocycles. The molecule has 0 bridgehead atoms. The molecule has 2 aliphatic rings. The highest BCUT2D eigenvalue weighted by Crippen LogP contribution is 2.60. The van der Waals surface area contributed by atoms with E-state index in [1.54, 1.807) is 7.11 Å². The van der Waals surface area contributed by atoms with E-state index < -0.39 is 9.05 Å². The lowest BCUT2D eigenvalue weighted by atomic mass is 9.54. The quantitative estimate of drug-likeness (QED) is 0.668. The van der Waals surface area contributed by atoms with Crippen LogP contribution in [0.15, 0.2) is 0 Å². The smallest absolute Gasteiger partial charge is 0.236 e. The molecule has 13 heavy (non-hydrogen) atoms. The average Bonchev–Trinajstić information content (AvgIpc) is 1.78. The SMILES string of the molecule is CO[C@@H]1C[C@H](S(=O)(=O)Cl)C12CCC2. The van der Waals surface area contributed by atoms with Crippen LogP contribution < -0.4 is 0 Å². The summed E-state index contributed by atoms with van der Waals surface area (Å²) in [6.07, 6.45) is 3.68. The predicted octanol–water partition coefficient (Wildman–Crippen LogP) is 1.51. The molecule has 2 atom stereocenters. The molecule has 0 amide bonds. The van der Waals surface area contributed by atoms with Gasteiger partial charge in [0.15, 0.2) is 0 Å². The van der Waals surface area contributed by atoms with E-state index in [1.807, 2.05) is 0 Å². The summed E-state index contributed by atoms with van der Waals surface area (Å²) >= 11 is 0. The van der Waals surface area contributed by atoms with E-state index in [2.05, 4.69) is 0 Å². The summed E-state index contributed by atoms with van der Waals surface area (Å²) in [5.41, 5.74) is -0.130. The number of rotatable bonds is 2. The maximum Gasteiger partial charge on any atom is 0.236 e. The van der Waals surface area contributed by atoms with Gasteiger partial charge in [0, 0.05) is 23.2 Å². The first kappa shape index (κ1) is 9.74. The Morgan fingerprint density at radius 2 is 2.08 bits per heavy atom. The summed E-state index contributed by atoms with van der Waals surface area (Å²) in [4.78, 5) is 0. The Labute approximate surface area is 82.8 Å². The molecule has 2 aliphatic carbocycles. The van der Waals surface area contributed by atoms with Crippen LogP contribution in [0.5, 0.6) is 0 Å². The predicted molar refractivity (Wildman–Crippen MR) is 50.3 cm³/mol. The fourth-order valence-corrected chi connectivity index (χ4v) is 4.77. The van der Waals surface area contributed by atoms with Gasteiger partial charge in [0.2, 0.25) is 9.05 Å². The molecule has 0 aromatic heterocycles. The molecule has 0 unspecified atom stereocenters. The summed E-state index contributed by atoms with van der Waals surface area (Å²) < 4.78 is 27.6. The van der Waals surface area contributed by atoms with Crippen molar-refractivity contribution in [2.45, 2.75) is 37.0 Å². The summed E-state index contributed by atoms with van der Waals surface area (Å²) in [6.45, 7) is 0. The van der Waals surface area contributed by atoms with E-state index in [9.17, 15) is 8.42 Å². The average molecular weight is 225 g/mol. The van der Waals surface area contributed by atoms with Crippen molar-refractivity contribution in [3.63, 3.8) is 0 Å². The Morgan fingerprint density at radius 1 is 1.46 bits per heavy atom. The molecule has 0 saturated heterocycles. The summed E-state index contributed by atoms with van der Waals surface area (Å²) in [5, 5.41) is -0.361. The van der Waals surface area contributed by atoms with Gasteiger partial charge in [0.25, 0.3) is 0 Å². The molecule has 76 valence electrons. The van der Waals surface area contributed by atoms with Crippen LogP contribution >= 0.6 is 10.7 Å². The molecular formula is C8H13ClO3S. The van der Waals surface area contributed by atoms with Gasteiger partial charge in [-0.15, -0.1) is 0 Å². The van der Waals surface area contributed by atoms with Gasteiger partial charge in [-0.05, 0) is 19.3 Å². The second-order valence-electron chi connectivity index (χ2n) is 4.01. The number of ether oxygens (including phenoxy) is 1. The van der Waals surface area contributed by atoms with Crippen molar-refractivity contribution in [3.05, 3.63) is 0 Å². The highest BCUT2D eigenvalue weighted by Gasteiger charge is 2.63. The van der Waals surface area contributed by atoms with Crippen LogP contribution in [0, 0.1) is 5.41 Å². The van der Waals surface area contributed by atoms with E-state index in [0.29, 0.717) is 6.42 Å². The van der Waals surface area contributed by atoms with Crippen molar-refractivity contribution in [1.29, 1.82) is 0 Å². The lowest BCUT2D eigenvalue weighted by Gasteiger charge is -2.59. The fraction of sp³-hybridized carbons (Fsp3) is 1.00. The second-order valence-corrected chi connectivity index (χ2v) is 6.82. The van der Waals surface area contributed by atoms with Crippen molar-refractivity contribution < 1.29 is 13.2 Å².